The Morgan fingerprint density at radius 2 is 1.76 bits per heavy atom. The van der Waals surface area contributed by atoms with Crippen molar-refractivity contribution in [3.8, 4) is 5.75 Å². The molecule has 10 heteroatoms. The molecule has 1 amide bonds. The lowest BCUT2D eigenvalue weighted by atomic mass is 9.96. The van der Waals surface area contributed by atoms with E-state index >= 15 is 0 Å². The number of hydrogen-bond donors (Lipinski definition) is 0. The highest BCUT2D eigenvalue weighted by molar-refractivity contribution is 7.89. The molecule has 0 radical (unpaired) electrons. The van der Waals surface area contributed by atoms with Crippen LogP contribution in [0.4, 0.5) is 0 Å². The molecule has 0 N–H and O–H groups in total. The number of sulfonamides is 1. The van der Waals surface area contributed by atoms with E-state index < -0.39 is 10.0 Å². The van der Waals surface area contributed by atoms with Crippen LogP contribution in [-0.4, -0.2) is 63.4 Å². The summed E-state index contributed by atoms with van der Waals surface area (Å²) in [6.07, 6.45) is 1.10. The molecule has 0 unspecified atom stereocenters. The predicted molar refractivity (Wildman–Crippen MR) is 128 cm³/mol. The zero-order valence-electron chi connectivity index (χ0n) is 19.5. The normalized spacial score (nSPS) is 14.8. The van der Waals surface area contributed by atoms with Gasteiger partial charge in [-0.25, -0.2) is 8.42 Å². The molecule has 1 aliphatic heterocycles. The lowest BCUT2D eigenvalue weighted by molar-refractivity contribution is -0.149. The Hall–Kier alpha value is -2.62. The maximum absolute atomic E-state index is 13.1. The van der Waals surface area contributed by atoms with Crippen molar-refractivity contribution in [2.75, 3.05) is 33.9 Å². The zero-order chi connectivity index (χ0) is 24.9. The van der Waals surface area contributed by atoms with E-state index in [-0.39, 0.29) is 29.2 Å². The van der Waals surface area contributed by atoms with Crippen LogP contribution in [0.3, 0.4) is 0 Å². The smallest absolute Gasteiger partial charge is 0.309 e. The van der Waals surface area contributed by atoms with Gasteiger partial charge < -0.3 is 14.4 Å². The summed E-state index contributed by atoms with van der Waals surface area (Å²) < 4.78 is 37.6. The van der Waals surface area contributed by atoms with Gasteiger partial charge in [0.25, 0.3) is 5.91 Å². The number of likely N-dealkylation sites (tertiary alicyclic amines) is 1. The minimum atomic E-state index is -3.77. The Labute approximate surface area is 205 Å². The standard InChI is InChI=1S/C24H29ClN2O6S/c1-4-33-24(29)17-11-13-27(14-12-17)23(28)18-5-10-22(32-3)19(15-18)16-26(2)34(30,31)21-8-6-20(25)7-9-21/h5-10,15,17H,4,11-14,16H2,1-3H3. The maximum atomic E-state index is 13.1. The minimum absolute atomic E-state index is 0.0141. The molecule has 0 atom stereocenters. The van der Waals surface area contributed by atoms with E-state index in [1.54, 1.807) is 30.0 Å². The number of benzene rings is 2. The van der Waals surface area contributed by atoms with Gasteiger partial charge in [0.1, 0.15) is 5.75 Å². The summed E-state index contributed by atoms with van der Waals surface area (Å²) in [5, 5.41) is 0.445. The van der Waals surface area contributed by atoms with Crippen molar-refractivity contribution in [3.63, 3.8) is 0 Å². The number of piperidine rings is 1. The van der Waals surface area contributed by atoms with Crippen molar-refractivity contribution < 1.29 is 27.5 Å². The largest absolute Gasteiger partial charge is 0.496 e. The zero-order valence-corrected chi connectivity index (χ0v) is 21.1. The molecule has 8 nitrogen and oxygen atoms in total. The minimum Gasteiger partial charge on any atom is -0.496 e. The Balaban J connectivity index is 1.75. The van der Waals surface area contributed by atoms with Crippen molar-refractivity contribution in [1.29, 1.82) is 0 Å². The fourth-order valence-electron chi connectivity index (χ4n) is 3.91. The molecule has 2 aromatic rings. The van der Waals surface area contributed by atoms with Crippen LogP contribution in [0.25, 0.3) is 0 Å². The van der Waals surface area contributed by atoms with Crippen LogP contribution >= 0.6 is 11.6 Å². The second kappa shape index (κ2) is 11.2. The molecule has 3 rings (SSSR count). The molecule has 0 spiro atoms. The number of nitrogens with zero attached hydrogens (tertiary/aromatic N) is 2. The summed E-state index contributed by atoms with van der Waals surface area (Å²) in [6, 6.07) is 10.9. The average Bonchev–Trinajstić information content (AvgIpc) is 2.84. The third-order valence-corrected chi connectivity index (χ3v) is 7.91. The topological polar surface area (TPSA) is 93.2 Å². The van der Waals surface area contributed by atoms with Gasteiger partial charge in [0.15, 0.2) is 0 Å². The first kappa shape index (κ1) is 26.0. The van der Waals surface area contributed by atoms with Crippen molar-refractivity contribution >= 4 is 33.5 Å². The van der Waals surface area contributed by atoms with Gasteiger partial charge in [0, 0.05) is 42.8 Å². The predicted octanol–water partition coefficient (Wildman–Crippen LogP) is 3.58. The van der Waals surface area contributed by atoms with Crippen LogP contribution in [0.1, 0.15) is 35.7 Å². The summed E-state index contributed by atoms with van der Waals surface area (Å²) in [5.74, 6) is -0.0985. The molecule has 0 aliphatic carbocycles. The Morgan fingerprint density at radius 1 is 1.12 bits per heavy atom. The van der Waals surface area contributed by atoms with Gasteiger partial charge in [-0.3, -0.25) is 9.59 Å². The Kier molecular flexibility index (Phi) is 8.57. The molecule has 0 aromatic heterocycles. The van der Waals surface area contributed by atoms with Crippen molar-refractivity contribution in [2.24, 2.45) is 5.92 Å². The Bertz CT molecular complexity index is 1130. The lowest BCUT2D eigenvalue weighted by Gasteiger charge is -2.31. The summed E-state index contributed by atoms with van der Waals surface area (Å²) in [5.41, 5.74) is 0.998. The molecule has 34 heavy (non-hydrogen) atoms. The summed E-state index contributed by atoms with van der Waals surface area (Å²) >= 11 is 5.88. The fraction of sp³-hybridized carbons (Fsp3) is 0.417. The third kappa shape index (κ3) is 5.89. The van der Waals surface area contributed by atoms with Gasteiger partial charge in [0.05, 0.1) is 24.5 Å². The van der Waals surface area contributed by atoms with Gasteiger partial charge in [-0.2, -0.15) is 4.31 Å². The number of halogens is 1. The highest BCUT2D eigenvalue weighted by atomic mass is 35.5. The number of amides is 1. The van der Waals surface area contributed by atoms with Crippen LogP contribution in [0.15, 0.2) is 47.4 Å². The first-order valence-corrected chi connectivity index (χ1v) is 12.8. The van der Waals surface area contributed by atoms with Gasteiger partial charge in [-0.05, 0) is 62.2 Å². The molecule has 1 heterocycles. The second-order valence-electron chi connectivity index (χ2n) is 8.06. The van der Waals surface area contributed by atoms with E-state index in [0.29, 0.717) is 54.4 Å². The summed E-state index contributed by atoms with van der Waals surface area (Å²) in [4.78, 5) is 26.9. The highest BCUT2D eigenvalue weighted by Crippen LogP contribution is 2.27. The lowest BCUT2D eigenvalue weighted by Crippen LogP contribution is -2.40. The van der Waals surface area contributed by atoms with Gasteiger partial charge >= 0.3 is 5.97 Å². The van der Waals surface area contributed by atoms with E-state index in [2.05, 4.69) is 0 Å². The van der Waals surface area contributed by atoms with Crippen molar-refractivity contribution in [1.82, 2.24) is 9.21 Å². The number of methoxy groups -OCH3 is 1. The van der Waals surface area contributed by atoms with Crippen LogP contribution in [0, 0.1) is 5.92 Å². The van der Waals surface area contributed by atoms with Crippen LogP contribution < -0.4 is 4.74 Å². The number of hydrogen-bond acceptors (Lipinski definition) is 6. The van der Waals surface area contributed by atoms with Crippen molar-refractivity contribution in [3.05, 3.63) is 58.6 Å². The molecular formula is C24H29ClN2O6S. The van der Waals surface area contributed by atoms with E-state index in [0.717, 1.165) is 0 Å². The summed E-state index contributed by atoms with van der Waals surface area (Å²) in [7, 11) is -0.807. The molecule has 1 saturated heterocycles. The quantitative estimate of drug-likeness (QED) is 0.506. The Morgan fingerprint density at radius 3 is 2.35 bits per heavy atom. The molecule has 1 aliphatic rings. The molecule has 184 valence electrons. The number of ether oxygens (including phenoxy) is 2. The molecule has 1 fully saturated rings. The monoisotopic (exact) mass is 508 g/mol. The van der Waals surface area contributed by atoms with E-state index in [1.165, 1.54) is 42.7 Å². The fourth-order valence-corrected chi connectivity index (χ4v) is 5.18. The second-order valence-corrected chi connectivity index (χ2v) is 10.5. The number of rotatable bonds is 8. The number of carbonyl (C=O) groups excluding carboxylic acids is 2. The maximum Gasteiger partial charge on any atom is 0.309 e. The van der Waals surface area contributed by atoms with Gasteiger partial charge in [0.2, 0.25) is 10.0 Å². The molecule has 0 bridgehead atoms. The van der Waals surface area contributed by atoms with Crippen LogP contribution in [0.5, 0.6) is 5.75 Å². The molecule has 2 aromatic carbocycles. The number of esters is 1. The van der Waals surface area contributed by atoms with Gasteiger partial charge in [-0.15, -0.1) is 0 Å². The van der Waals surface area contributed by atoms with Crippen molar-refractivity contribution in [2.45, 2.75) is 31.2 Å². The third-order valence-electron chi connectivity index (χ3n) is 5.84. The van der Waals surface area contributed by atoms with E-state index in [1.807, 2.05) is 0 Å². The van der Waals surface area contributed by atoms with Gasteiger partial charge in [-0.1, -0.05) is 11.6 Å². The molecule has 0 saturated carbocycles. The first-order valence-electron chi connectivity index (χ1n) is 11.0. The van der Waals surface area contributed by atoms with E-state index in [4.69, 9.17) is 21.1 Å². The van der Waals surface area contributed by atoms with Crippen LogP contribution in [0.2, 0.25) is 5.02 Å². The SMILES string of the molecule is CCOC(=O)C1CCN(C(=O)c2ccc(OC)c(CN(C)S(=O)(=O)c3ccc(Cl)cc3)c2)CC1. The first-order chi connectivity index (χ1) is 16.2. The highest BCUT2D eigenvalue weighted by Gasteiger charge is 2.29. The number of carbonyl (C=O) groups is 2. The molecular weight excluding hydrogens is 480 g/mol. The van der Waals surface area contributed by atoms with Crippen LogP contribution in [-0.2, 0) is 26.1 Å². The van der Waals surface area contributed by atoms with E-state index in [9.17, 15) is 18.0 Å². The summed E-state index contributed by atoms with van der Waals surface area (Å²) in [6.45, 7) is 3.04. The average molecular weight is 509 g/mol.